The smallest absolute Gasteiger partial charge is 0.272 e. The lowest BCUT2D eigenvalue weighted by Crippen LogP contribution is -2.38. The van der Waals surface area contributed by atoms with Gasteiger partial charge in [-0.05, 0) is 31.4 Å². The molecule has 0 saturated carbocycles. The van der Waals surface area contributed by atoms with Gasteiger partial charge in [0.25, 0.3) is 5.91 Å². The van der Waals surface area contributed by atoms with E-state index in [1.54, 1.807) is 12.3 Å². The van der Waals surface area contributed by atoms with E-state index in [4.69, 9.17) is 9.26 Å². The van der Waals surface area contributed by atoms with E-state index in [1.807, 2.05) is 17.0 Å². The van der Waals surface area contributed by atoms with Crippen LogP contribution in [0.15, 0.2) is 28.9 Å². The van der Waals surface area contributed by atoms with Crippen LogP contribution in [0.25, 0.3) is 0 Å². The van der Waals surface area contributed by atoms with E-state index in [1.165, 1.54) is 0 Å². The predicted octanol–water partition coefficient (Wildman–Crippen LogP) is 1.99. The fourth-order valence-electron chi connectivity index (χ4n) is 3.30. The molecule has 0 radical (unpaired) electrons. The zero-order valence-electron chi connectivity index (χ0n) is 13.4. The van der Waals surface area contributed by atoms with Crippen molar-refractivity contribution in [1.82, 2.24) is 20.0 Å². The molecule has 24 heavy (non-hydrogen) atoms. The third-order valence-corrected chi connectivity index (χ3v) is 4.77. The van der Waals surface area contributed by atoms with E-state index < -0.39 is 0 Å². The molecule has 7 heteroatoms. The van der Waals surface area contributed by atoms with Gasteiger partial charge >= 0.3 is 0 Å². The molecule has 2 saturated heterocycles. The lowest BCUT2D eigenvalue weighted by molar-refractivity contribution is 0.0698. The minimum absolute atomic E-state index is 0.0108. The van der Waals surface area contributed by atoms with Gasteiger partial charge in [0.2, 0.25) is 5.89 Å². The summed E-state index contributed by atoms with van der Waals surface area (Å²) in [6, 6.07) is 5.40. The third kappa shape index (κ3) is 3.03. The topological polar surface area (TPSA) is 81.4 Å². The van der Waals surface area contributed by atoms with Gasteiger partial charge in [-0.2, -0.15) is 4.98 Å². The van der Waals surface area contributed by atoms with Crippen LogP contribution in [0, 0.1) is 0 Å². The SMILES string of the molecule is O=C(c1ccccn1)N1CCC(c2nc(C3CCOC3)no2)CC1. The maximum Gasteiger partial charge on any atom is 0.272 e. The Morgan fingerprint density at radius 1 is 1.17 bits per heavy atom. The minimum Gasteiger partial charge on any atom is -0.381 e. The van der Waals surface area contributed by atoms with Crippen LogP contribution in [0.3, 0.4) is 0 Å². The summed E-state index contributed by atoms with van der Waals surface area (Å²) in [4.78, 5) is 23.0. The first-order valence-corrected chi connectivity index (χ1v) is 8.43. The van der Waals surface area contributed by atoms with Crippen LogP contribution < -0.4 is 0 Å². The standard InChI is InChI=1S/C17H20N4O3/c22-17(14-3-1-2-7-18-14)21-8-4-12(5-9-21)16-19-15(20-24-16)13-6-10-23-11-13/h1-3,7,12-13H,4-6,8-11H2. The van der Waals surface area contributed by atoms with Gasteiger partial charge in [-0.3, -0.25) is 9.78 Å². The number of rotatable bonds is 3. The molecule has 4 rings (SSSR count). The van der Waals surface area contributed by atoms with Crippen molar-refractivity contribution >= 4 is 5.91 Å². The number of carbonyl (C=O) groups is 1. The average Bonchev–Trinajstić information content (AvgIpc) is 3.33. The van der Waals surface area contributed by atoms with Crippen LogP contribution in [0.5, 0.6) is 0 Å². The second kappa shape index (κ2) is 6.68. The van der Waals surface area contributed by atoms with Crippen molar-refractivity contribution in [2.75, 3.05) is 26.3 Å². The van der Waals surface area contributed by atoms with Crippen molar-refractivity contribution in [2.24, 2.45) is 0 Å². The summed E-state index contributed by atoms with van der Waals surface area (Å²) in [7, 11) is 0. The fourth-order valence-corrected chi connectivity index (χ4v) is 3.30. The normalized spacial score (nSPS) is 22.0. The summed E-state index contributed by atoms with van der Waals surface area (Å²) < 4.78 is 10.8. The Hall–Kier alpha value is -2.28. The molecule has 0 bridgehead atoms. The van der Waals surface area contributed by atoms with Gasteiger partial charge in [0.05, 0.1) is 6.61 Å². The van der Waals surface area contributed by atoms with Crippen LogP contribution in [0.2, 0.25) is 0 Å². The highest BCUT2D eigenvalue weighted by Crippen LogP contribution is 2.30. The van der Waals surface area contributed by atoms with Crippen molar-refractivity contribution in [3.8, 4) is 0 Å². The summed E-state index contributed by atoms with van der Waals surface area (Å²) in [5.74, 6) is 1.93. The maximum absolute atomic E-state index is 12.4. The molecule has 7 nitrogen and oxygen atoms in total. The number of hydrogen-bond donors (Lipinski definition) is 0. The van der Waals surface area contributed by atoms with Crippen molar-refractivity contribution in [3.05, 3.63) is 41.8 Å². The monoisotopic (exact) mass is 328 g/mol. The summed E-state index contributed by atoms with van der Waals surface area (Å²) in [6.45, 7) is 2.81. The number of aromatic nitrogens is 3. The first kappa shape index (κ1) is 15.3. The number of piperidine rings is 1. The van der Waals surface area contributed by atoms with Gasteiger partial charge in [-0.1, -0.05) is 11.2 Å². The van der Waals surface area contributed by atoms with Gasteiger partial charge in [-0.25, -0.2) is 0 Å². The van der Waals surface area contributed by atoms with E-state index in [9.17, 15) is 4.79 Å². The van der Waals surface area contributed by atoms with E-state index in [-0.39, 0.29) is 17.7 Å². The van der Waals surface area contributed by atoms with E-state index >= 15 is 0 Å². The van der Waals surface area contributed by atoms with Crippen LogP contribution in [-0.4, -0.2) is 52.2 Å². The quantitative estimate of drug-likeness (QED) is 0.857. The van der Waals surface area contributed by atoms with Gasteiger partial charge in [0.15, 0.2) is 5.82 Å². The van der Waals surface area contributed by atoms with Crippen LogP contribution >= 0.6 is 0 Å². The molecule has 2 aliphatic heterocycles. The van der Waals surface area contributed by atoms with Crippen LogP contribution in [0.4, 0.5) is 0 Å². The Morgan fingerprint density at radius 3 is 2.75 bits per heavy atom. The molecule has 2 aromatic heterocycles. The zero-order chi connectivity index (χ0) is 16.4. The number of ether oxygens (including phenoxy) is 1. The molecular weight excluding hydrogens is 308 g/mol. The summed E-state index contributed by atoms with van der Waals surface area (Å²) in [6.07, 6.45) is 4.27. The van der Waals surface area contributed by atoms with Gasteiger partial charge in [0, 0.05) is 37.7 Å². The Labute approximate surface area is 140 Å². The second-order valence-corrected chi connectivity index (χ2v) is 6.33. The first-order chi connectivity index (χ1) is 11.8. The number of amides is 1. The average molecular weight is 328 g/mol. The van der Waals surface area contributed by atoms with Crippen molar-refractivity contribution in [1.29, 1.82) is 0 Å². The molecule has 2 aromatic rings. The molecular formula is C17H20N4O3. The zero-order valence-corrected chi connectivity index (χ0v) is 13.4. The lowest BCUT2D eigenvalue weighted by atomic mass is 9.96. The van der Waals surface area contributed by atoms with Gasteiger partial charge in [0.1, 0.15) is 5.69 Å². The molecule has 1 amide bonds. The Morgan fingerprint density at radius 2 is 2.04 bits per heavy atom. The molecule has 0 N–H and O–H groups in total. The number of likely N-dealkylation sites (tertiary alicyclic amines) is 1. The molecule has 2 aliphatic rings. The Kier molecular flexibility index (Phi) is 4.25. The molecule has 1 unspecified atom stereocenters. The van der Waals surface area contributed by atoms with E-state index in [2.05, 4.69) is 15.1 Å². The second-order valence-electron chi connectivity index (χ2n) is 6.33. The molecule has 0 aromatic carbocycles. The third-order valence-electron chi connectivity index (χ3n) is 4.77. The number of nitrogens with zero attached hydrogens (tertiary/aromatic N) is 4. The number of pyridine rings is 1. The minimum atomic E-state index is -0.0108. The molecule has 4 heterocycles. The molecule has 0 aliphatic carbocycles. The Balaban J connectivity index is 1.37. The summed E-state index contributed by atoms with van der Waals surface area (Å²) in [5.41, 5.74) is 0.497. The molecule has 126 valence electrons. The van der Waals surface area contributed by atoms with Gasteiger partial charge in [-0.15, -0.1) is 0 Å². The van der Waals surface area contributed by atoms with Crippen molar-refractivity contribution in [3.63, 3.8) is 0 Å². The van der Waals surface area contributed by atoms with Crippen molar-refractivity contribution in [2.45, 2.75) is 31.1 Å². The maximum atomic E-state index is 12.4. The van der Waals surface area contributed by atoms with E-state index in [0.29, 0.717) is 31.3 Å². The van der Waals surface area contributed by atoms with Crippen LogP contribution in [-0.2, 0) is 4.74 Å². The summed E-state index contributed by atoms with van der Waals surface area (Å²) in [5, 5.41) is 4.12. The number of carbonyl (C=O) groups excluding carboxylic acids is 1. The highest BCUT2D eigenvalue weighted by atomic mass is 16.5. The molecule has 2 fully saturated rings. The molecule has 1 atom stereocenters. The Bertz CT molecular complexity index is 689. The highest BCUT2D eigenvalue weighted by molar-refractivity contribution is 5.92. The van der Waals surface area contributed by atoms with Crippen LogP contribution in [0.1, 0.15) is 53.3 Å². The first-order valence-electron chi connectivity index (χ1n) is 8.43. The lowest BCUT2D eigenvalue weighted by Gasteiger charge is -2.30. The predicted molar refractivity (Wildman–Crippen MR) is 84.6 cm³/mol. The largest absolute Gasteiger partial charge is 0.381 e. The van der Waals surface area contributed by atoms with Crippen molar-refractivity contribution < 1.29 is 14.1 Å². The number of hydrogen-bond acceptors (Lipinski definition) is 6. The van der Waals surface area contributed by atoms with Gasteiger partial charge < -0.3 is 14.2 Å². The van der Waals surface area contributed by atoms with E-state index in [0.717, 1.165) is 31.7 Å². The fraction of sp³-hybridized carbons (Fsp3) is 0.529. The molecule has 0 spiro atoms. The summed E-state index contributed by atoms with van der Waals surface area (Å²) >= 11 is 0. The highest BCUT2D eigenvalue weighted by Gasteiger charge is 2.30.